The van der Waals surface area contributed by atoms with Crippen LogP contribution in [0.5, 0.6) is 11.5 Å². The Labute approximate surface area is 195 Å². The normalized spacial score (nSPS) is 20.7. The van der Waals surface area contributed by atoms with Gasteiger partial charge in [-0.15, -0.1) is 0 Å². The first kappa shape index (κ1) is 20.8. The second-order valence-electron chi connectivity index (χ2n) is 9.18. The molecule has 3 aromatic rings. The van der Waals surface area contributed by atoms with Gasteiger partial charge in [0.1, 0.15) is 12.7 Å². The van der Waals surface area contributed by atoms with E-state index < -0.39 is 23.0 Å². The molecule has 0 saturated heterocycles. The number of amides is 1. The van der Waals surface area contributed by atoms with Gasteiger partial charge in [-0.1, -0.05) is 42.5 Å². The third kappa shape index (κ3) is 3.09. The number of aromatic nitrogens is 1. The summed E-state index contributed by atoms with van der Waals surface area (Å²) in [5, 5.41) is 12.6. The van der Waals surface area contributed by atoms with Gasteiger partial charge in [-0.05, 0) is 37.3 Å². The van der Waals surface area contributed by atoms with Gasteiger partial charge in [0.2, 0.25) is 5.43 Å². The molecule has 1 fully saturated rings. The average molecular weight is 461 g/mol. The van der Waals surface area contributed by atoms with Crippen molar-refractivity contribution in [3.63, 3.8) is 0 Å². The van der Waals surface area contributed by atoms with Crippen LogP contribution in [0.2, 0.25) is 0 Å². The molecule has 2 aliphatic heterocycles. The Hall–Kier alpha value is -3.81. The summed E-state index contributed by atoms with van der Waals surface area (Å²) >= 11 is 0. The number of hydrogen-bond donors (Lipinski definition) is 1. The number of fused-ring (bicyclic) bond motifs is 6. The molecule has 1 atom stereocenters. The molecular weight excluding hydrogens is 437 g/mol. The van der Waals surface area contributed by atoms with Crippen LogP contribution in [0, 0.1) is 5.82 Å². The molecule has 3 heterocycles. The number of pyridine rings is 1. The van der Waals surface area contributed by atoms with Gasteiger partial charge in [0, 0.05) is 23.4 Å². The highest BCUT2D eigenvalue weighted by molar-refractivity contribution is 5.97. The number of carbonyl (C=O) groups is 1. The van der Waals surface area contributed by atoms with E-state index in [0.717, 1.165) is 18.4 Å². The van der Waals surface area contributed by atoms with Gasteiger partial charge < -0.3 is 14.7 Å². The predicted molar refractivity (Wildman–Crippen MR) is 123 cm³/mol. The van der Waals surface area contributed by atoms with E-state index in [1.165, 1.54) is 23.0 Å². The Morgan fingerprint density at radius 2 is 1.79 bits per heavy atom. The zero-order valence-corrected chi connectivity index (χ0v) is 18.5. The number of halogens is 1. The summed E-state index contributed by atoms with van der Waals surface area (Å²) in [6.07, 6.45) is 4.52. The van der Waals surface area contributed by atoms with Crippen LogP contribution in [0.4, 0.5) is 4.39 Å². The van der Waals surface area contributed by atoms with E-state index in [1.807, 2.05) is 41.4 Å². The molecule has 0 unspecified atom stereocenters. The number of para-hydroxylation sites is 1. The molecule has 1 aromatic heterocycles. The van der Waals surface area contributed by atoms with E-state index in [2.05, 4.69) is 0 Å². The Balaban J connectivity index is 1.65. The van der Waals surface area contributed by atoms with Crippen molar-refractivity contribution in [2.24, 2.45) is 0 Å². The minimum Gasteiger partial charge on any atom is -0.502 e. The first-order valence-corrected chi connectivity index (χ1v) is 11.5. The van der Waals surface area contributed by atoms with Gasteiger partial charge in [0.25, 0.3) is 5.91 Å². The van der Waals surface area contributed by atoms with Crippen LogP contribution in [0.25, 0.3) is 0 Å². The molecule has 1 saturated carbocycles. The molecule has 174 valence electrons. The third-order valence-electron chi connectivity index (χ3n) is 7.20. The molecule has 2 aromatic carbocycles. The largest absolute Gasteiger partial charge is 0.502 e. The number of aromatic hydroxyl groups is 1. The molecule has 3 aliphatic rings. The van der Waals surface area contributed by atoms with Crippen LogP contribution in [-0.2, 0) is 0 Å². The lowest BCUT2D eigenvalue weighted by Gasteiger charge is -2.46. The van der Waals surface area contributed by atoms with Crippen LogP contribution < -0.4 is 15.2 Å². The summed E-state index contributed by atoms with van der Waals surface area (Å²) in [6, 6.07) is 15.1. The summed E-state index contributed by atoms with van der Waals surface area (Å²) < 4.78 is 22.6. The zero-order valence-electron chi connectivity index (χ0n) is 18.5. The van der Waals surface area contributed by atoms with Crippen molar-refractivity contribution >= 4 is 5.91 Å². The second kappa shape index (κ2) is 7.62. The summed E-state index contributed by atoms with van der Waals surface area (Å²) in [5.74, 6) is -1.21. The molecule has 6 rings (SSSR count). The molecule has 1 amide bonds. The van der Waals surface area contributed by atoms with Crippen molar-refractivity contribution in [3.05, 3.63) is 93.7 Å². The number of hydrogen-bond acceptors (Lipinski definition) is 5. The smallest absolute Gasteiger partial charge is 0.278 e. The first-order valence-electron chi connectivity index (χ1n) is 11.5. The van der Waals surface area contributed by atoms with E-state index in [4.69, 9.17) is 4.74 Å². The van der Waals surface area contributed by atoms with Crippen molar-refractivity contribution < 1.29 is 19.0 Å². The molecule has 34 heavy (non-hydrogen) atoms. The van der Waals surface area contributed by atoms with E-state index in [1.54, 1.807) is 11.0 Å². The monoisotopic (exact) mass is 461 g/mol. The van der Waals surface area contributed by atoms with E-state index in [-0.39, 0.29) is 29.6 Å². The molecule has 2 bridgehead atoms. The van der Waals surface area contributed by atoms with Gasteiger partial charge in [-0.25, -0.2) is 4.39 Å². The Morgan fingerprint density at radius 1 is 1.00 bits per heavy atom. The van der Waals surface area contributed by atoms with Crippen molar-refractivity contribution in [1.29, 1.82) is 0 Å². The SMILES string of the molecule is O=C1c2c(O)c(=O)ccn2N2CN1C1(CCCOc3c(F)cccc3[C@H]2c2ccccc2)CC1. The lowest BCUT2D eigenvalue weighted by atomic mass is 9.96. The highest BCUT2D eigenvalue weighted by Gasteiger charge is 2.53. The minimum atomic E-state index is -0.610. The Kier molecular flexibility index (Phi) is 4.65. The van der Waals surface area contributed by atoms with Crippen molar-refractivity contribution in [1.82, 2.24) is 9.58 Å². The summed E-state index contributed by atoms with van der Waals surface area (Å²) in [6.45, 7) is 0.554. The molecular formula is C26H24FN3O4. The summed E-state index contributed by atoms with van der Waals surface area (Å²) in [4.78, 5) is 27.8. The van der Waals surface area contributed by atoms with Crippen molar-refractivity contribution in [2.75, 3.05) is 18.3 Å². The number of nitrogens with zero attached hydrogens (tertiary/aromatic N) is 3. The maximum Gasteiger partial charge on any atom is 0.278 e. The molecule has 1 N–H and O–H groups in total. The van der Waals surface area contributed by atoms with Crippen LogP contribution in [0.15, 0.2) is 65.6 Å². The minimum absolute atomic E-state index is 0.0657. The van der Waals surface area contributed by atoms with Gasteiger partial charge in [-0.3, -0.25) is 19.3 Å². The standard InChI is InChI=1S/C26H24FN3O4/c27-19-9-4-8-18-21(17-6-2-1-3-7-17)30-16-28(26(12-13-26)11-5-15-34-24(18)19)25(33)22-23(32)20(31)10-14-29(22)30/h1-4,6-10,14,21,32H,5,11-13,15-16H2/t21-/m1/s1. The zero-order chi connectivity index (χ0) is 23.4. The van der Waals surface area contributed by atoms with Gasteiger partial charge >= 0.3 is 0 Å². The molecule has 0 radical (unpaired) electrons. The molecule has 1 spiro atoms. The highest BCUT2D eigenvalue weighted by atomic mass is 19.1. The van der Waals surface area contributed by atoms with E-state index >= 15 is 4.39 Å². The van der Waals surface area contributed by atoms with Gasteiger partial charge in [-0.2, -0.15) is 0 Å². The van der Waals surface area contributed by atoms with Gasteiger partial charge in [0.15, 0.2) is 23.0 Å². The summed E-state index contributed by atoms with van der Waals surface area (Å²) in [7, 11) is 0. The van der Waals surface area contributed by atoms with Crippen LogP contribution in [-0.4, -0.2) is 39.4 Å². The average Bonchev–Trinajstić information content (AvgIpc) is 3.63. The number of rotatable bonds is 1. The topological polar surface area (TPSA) is 75.0 Å². The number of ether oxygens (including phenoxy) is 1. The maximum absolute atomic E-state index is 15.1. The van der Waals surface area contributed by atoms with E-state index in [9.17, 15) is 14.7 Å². The lowest BCUT2D eigenvalue weighted by Crippen LogP contribution is -2.59. The predicted octanol–water partition coefficient (Wildman–Crippen LogP) is 3.54. The number of carbonyl (C=O) groups excluding carboxylic acids is 1. The quantitative estimate of drug-likeness (QED) is 0.600. The fourth-order valence-corrected chi connectivity index (χ4v) is 5.32. The fourth-order valence-electron chi connectivity index (χ4n) is 5.32. The van der Waals surface area contributed by atoms with Crippen LogP contribution >= 0.6 is 0 Å². The second-order valence-corrected chi connectivity index (χ2v) is 9.18. The van der Waals surface area contributed by atoms with Crippen molar-refractivity contribution in [3.8, 4) is 11.5 Å². The Morgan fingerprint density at radius 3 is 2.56 bits per heavy atom. The van der Waals surface area contributed by atoms with E-state index in [0.29, 0.717) is 25.0 Å². The summed E-state index contributed by atoms with van der Waals surface area (Å²) in [5.41, 5.74) is 0.432. The lowest BCUT2D eigenvalue weighted by molar-refractivity contribution is 0.0536. The highest BCUT2D eigenvalue weighted by Crippen LogP contribution is 2.49. The van der Waals surface area contributed by atoms with Crippen molar-refractivity contribution in [2.45, 2.75) is 37.3 Å². The molecule has 7 nitrogen and oxygen atoms in total. The van der Waals surface area contributed by atoms with Gasteiger partial charge in [0.05, 0.1) is 6.61 Å². The third-order valence-corrected chi connectivity index (χ3v) is 7.20. The number of benzene rings is 2. The maximum atomic E-state index is 15.1. The Bertz CT molecular complexity index is 1340. The van der Waals surface area contributed by atoms with Crippen LogP contribution in [0.3, 0.4) is 0 Å². The molecule has 8 heteroatoms. The first-order chi connectivity index (χ1) is 16.5. The molecule has 1 aliphatic carbocycles. The fraction of sp³-hybridized carbons (Fsp3) is 0.308. The van der Waals surface area contributed by atoms with Crippen LogP contribution in [0.1, 0.15) is 53.3 Å².